The van der Waals surface area contributed by atoms with Crippen molar-refractivity contribution in [2.45, 2.75) is 0 Å². The molecular weight excluding hydrogens is 907 g/mol. The second-order valence-corrected chi connectivity index (χ2v) is 22.6. The molecule has 0 radical (unpaired) electrons. The average Bonchev–Trinajstić information content (AvgIpc) is 4.20. The minimum absolute atomic E-state index is 0.607. The lowest BCUT2D eigenvalue weighted by molar-refractivity contribution is 0.980. The van der Waals surface area contributed by atoms with Crippen molar-refractivity contribution < 1.29 is 0 Å². The third-order valence-corrected chi connectivity index (χ3v) is 19.7. The summed E-state index contributed by atoms with van der Waals surface area (Å²) in [6, 6.07) is 94.1. The van der Waals surface area contributed by atoms with Crippen LogP contribution in [0.5, 0.6) is 0 Å². The lowest BCUT2D eigenvalue weighted by Crippen LogP contribution is -2.74. The SMILES string of the molecule is c1ccc([Si](c2ccccc2)(c2ccccc2)c2ccc3nc4n(-c5cc(-n6c7ccccc7c7ccccc76)nc(-c6cccc(-n7c8ccccc8c8ccccc87)c6)n5)c5ccccc5n4c3c2)cc1. The molecule has 0 spiro atoms. The fraction of sp³-hybridized carbons (Fsp3) is 0. The van der Waals surface area contributed by atoms with Gasteiger partial charge in [0.2, 0.25) is 5.78 Å². The van der Waals surface area contributed by atoms with Gasteiger partial charge in [-0.05, 0) is 81.4 Å². The number of fused-ring (bicyclic) bond motifs is 11. The van der Waals surface area contributed by atoms with Crippen molar-refractivity contribution in [1.82, 2.24) is 33.1 Å². The van der Waals surface area contributed by atoms with E-state index >= 15 is 0 Å². The zero-order chi connectivity index (χ0) is 48.0. The first-order valence-electron chi connectivity index (χ1n) is 24.8. The van der Waals surface area contributed by atoms with Crippen molar-refractivity contribution in [1.29, 1.82) is 0 Å². The van der Waals surface area contributed by atoms with Crippen LogP contribution < -0.4 is 20.7 Å². The quantitative estimate of drug-likeness (QED) is 0.113. The van der Waals surface area contributed by atoms with Gasteiger partial charge in [-0.15, -0.1) is 0 Å². The molecule has 0 amide bonds. The summed E-state index contributed by atoms with van der Waals surface area (Å²) >= 11 is 0. The molecule has 0 saturated heterocycles. The van der Waals surface area contributed by atoms with Crippen LogP contribution >= 0.6 is 0 Å². The summed E-state index contributed by atoms with van der Waals surface area (Å²) in [5, 5.41) is 10.0. The van der Waals surface area contributed by atoms with Crippen molar-refractivity contribution >= 4 is 100 Å². The van der Waals surface area contributed by atoms with Gasteiger partial charge in [0.05, 0.1) is 44.1 Å². The van der Waals surface area contributed by atoms with Gasteiger partial charge in [-0.2, -0.15) is 0 Å². The molecule has 5 aromatic heterocycles. The van der Waals surface area contributed by atoms with Crippen molar-refractivity contribution in [2.24, 2.45) is 0 Å². The van der Waals surface area contributed by atoms with Crippen molar-refractivity contribution in [3.05, 3.63) is 261 Å². The molecule has 7 nitrogen and oxygen atoms in total. The fourth-order valence-corrected chi connectivity index (χ4v) is 16.6. The molecule has 0 aliphatic carbocycles. The van der Waals surface area contributed by atoms with E-state index in [9.17, 15) is 0 Å². The highest BCUT2D eigenvalue weighted by molar-refractivity contribution is 7.20. The number of imidazole rings is 2. The van der Waals surface area contributed by atoms with E-state index in [0.29, 0.717) is 11.6 Å². The van der Waals surface area contributed by atoms with E-state index in [1.165, 1.54) is 42.3 Å². The first-order chi connectivity index (χ1) is 36.2. The van der Waals surface area contributed by atoms with Crippen LogP contribution in [0.2, 0.25) is 0 Å². The lowest BCUT2D eigenvalue weighted by atomic mass is 10.1. The molecule has 342 valence electrons. The summed E-state index contributed by atoms with van der Waals surface area (Å²) in [6.07, 6.45) is 0. The van der Waals surface area contributed by atoms with Gasteiger partial charge in [0, 0.05) is 38.9 Å². The summed E-state index contributed by atoms with van der Waals surface area (Å²) in [7, 11) is -2.86. The first-order valence-corrected chi connectivity index (χ1v) is 26.8. The van der Waals surface area contributed by atoms with Crippen LogP contribution in [0.15, 0.2) is 261 Å². The van der Waals surface area contributed by atoms with Crippen LogP contribution in [-0.2, 0) is 0 Å². The van der Waals surface area contributed by atoms with Gasteiger partial charge >= 0.3 is 0 Å². The minimum Gasteiger partial charge on any atom is -0.309 e. The molecule has 73 heavy (non-hydrogen) atoms. The summed E-state index contributed by atoms with van der Waals surface area (Å²) in [5.74, 6) is 2.86. The van der Waals surface area contributed by atoms with Gasteiger partial charge in [0.25, 0.3) is 0 Å². The number of hydrogen-bond donors (Lipinski definition) is 0. The Morgan fingerprint density at radius 3 is 1.27 bits per heavy atom. The second-order valence-electron chi connectivity index (χ2n) is 18.8. The Bertz CT molecular complexity index is 4420. The largest absolute Gasteiger partial charge is 0.309 e. The van der Waals surface area contributed by atoms with Gasteiger partial charge < -0.3 is 4.57 Å². The van der Waals surface area contributed by atoms with Gasteiger partial charge in [-0.1, -0.05) is 194 Å². The smallest absolute Gasteiger partial charge is 0.221 e. The highest BCUT2D eigenvalue weighted by atomic mass is 28.3. The number of aromatic nitrogens is 7. The summed E-state index contributed by atoms with van der Waals surface area (Å²) in [4.78, 5) is 16.7. The fourth-order valence-electron chi connectivity index (χ4n) is 11.9. The highest BCUT2D eigenvalue weighted by Gasteiger charge is 2.41. The Labute approximate surface area is 420 Å². The third kappa shape index (κ3) is 6.14. The monoisotopic (exact) mass is 949 g/mol. The summed E-state index contributed by atoms with van der Waals surface area (Å²) < 4.78 is 9.20. The van der Waals surface area contributed by atoms with E-state index in [1.807, 2.05) is 0 Å². The molecule has 0 saturated carbocycles. The normalized spacial score (nSPS) is 12.1. The Morgan fingerprint density at radius 2 is 0.740 bits per heavy atom. The molecule has 0 unspecified atom stereocenters. The number of benzene rings is 10. The number of rotatable bonds is 8. The summed E-state index contributed by atoms with van der Waals surface area (Å²) in [5.41, 5.74) is 10.4. The van der Waals surface area contributed by atoms with Crippen LogP contribution in [0.25, 0.3) is 100 Å². The van der Waals surface area contributed by atoms with Crippen LogP contribution in [0.3, 0.4) is 0 Å². The van der Waals surface area contributed by atoms with E-state index in [4.69, 9.17) is 15.0 Å². The zero-order valence-electron chi connectivity index (χ0n) is 39.5. The van der Waals surface area contributed by atoms with Crippen LogP contribution in [0.1, 0.15) is 0 Å². The van der Waals surface area contributed by atoms with E-state index < -0.39 is 8.07 Å². The predicted molar refractivity (Wildman–Crippen MR) is 303 cm³/mol. The van der Waals surface area contributed by atoms with Gasteiger partial charge in [0.1, 0.15) is 11.6 Å². The first kappa shape index (κ1) is 41.2. The maximum atomic E-state index is 5.59. The third-order valence-electron chi connectivity index (χ3n) is 14.9. The van der Waals surface area contributed by atoms with Gasteiger partial charge in [-0.3, -0.25) is 13.5 Å². The minimum atomic E-state index is -2.86. The molecule has 10 aromatic carbocycles. The second kappa shape index (κ2) is 16.2. The zero-order valence-corrected chi connectivity index (χ0v) is 40.5. The highest BCUT2D eigenvalue weighted by Crippen LogP contribution is 2.37. The Hall–Kier alpha value is -9.63. The van der Waals surface area contributed by atoms with Crippen LogP contribution in [0.4, 0.5) is 0 Å². The number of para-hydroxylation sites is 6. The maximum Gasteiger partial charge on any atom is 0.221 e. The van der Waals surface area contributed by atoms with Crippen molar-refractivity contribution in [2.75, 3.05) is 0 Å². The number of hydrogen-bond acceptors (Lipinski definition) is 3. The van der Waals surface area contributed by atoms with Crippen molar-refractivity contribution in [3.8, 4) is 28.7 Å². The van der Waals surface area contributed by atoms with E-state index in [-0.39, 0.29) is 0 Å². The molecule has 0 fully saturated rings. The molecule has 0 aliphatic heterocycles. The van der Waals surface area contributed by atoms with E-state index in [1.54, 1.807) is 0 Å². The van der Waals surface area contributed by atoms with Crippen LogP contribution in [-0.4, -0.2) is 41.1 Å². The maximum absolute atomic E-state index is 5.59. The van der Waals surface area contributed by atoms with E-state index in [2.05, 4.69) is 279 Å². The molecule has 15 rings (SSSR count). The predicted octanol–water partition coefficient (Wildman–Crippen LogP) is 12.5. The Morgan fingerprint density at radius 1 is 0.288 bits per heavy atom. The Kier molecular flexibility index (Phi) is 9.14. The summed E-state index contributed by atoms with van der Waals surface area (Å²) in [6.45, 7) is 0. The van der Waals surface area contributed by atoms with Gasteiger partial charge in [-0.25, -0.2) is 15.0 Å². The van der Waals surface area contributed by atoms with Gasteiger partial charge in [0.15, 0.2) is 13.9 Å². The molecule has 0 atom stereocenters. The Balaban J connectivity index is 1.00. The standard InChI is InChI=1S/C65H43N7Si/c1-4-23-46(24-5-1)73(47-25-6-2-7-26-47,48-27-8-3-9-28-48)49-39-40-54-61(42-49)71-59-37-18-19-38-60(59)72(65(71)66-54)63-43-62(70-57-35-16-12-31-52(57)53-32-13-17-36-58(53)70)67-64(68-63)44-21-20-22-45(41-44)69-55-33-14-10-29-50(55)51-30-11-15-34-56(51)69/h1-43H. The lowest BCUT2D eigenvalue weighted by Gasteiger charge is -2.34. The molecule has 15 aromatic rings. The number of nitrogens with zero attached hydrogens (tertiary/aromatic N) is 7. The van der Waals surface area contributed by atoms with Crippen LogP contribution in [0, 0.1) is 0 Å². The molecule has 0 bridgehead atoms. The molecule has 0 aliphatic rings. The van der Waals surface area contributed by atoms with E-state index in [0.717, 1.165) is 67.0 Å². The molecule has 8 heteroatoms. The molecule has 5 heterocycles. The van der Waals surface area contributed by atoms with Crippen molar-refractivity contribution in [3.63, 3.8) is 0 Å². The topological polar surface area (TPSA) is 57.9 Å². The average molecular weight is 950 g/mol. The molecule has 0 N–H and O–H groups in total. The molecular formula is C65H43N7Si.